The monoisotopic (exact) mass is 448 g/mol. The summed E-state index contributed by atoms with van der Waals surface area (Å²) < 4.78 is 20.0. The quantitative estimate of drug-likeness (QED) is 0.550. The number of hydrogen-bond donors (Lipinski definition) is 2. The van der Waals surface area contributed by atoms with Gasteiger partial charge >= 0.3 is 0 Å². The number of benzene rings is 2. The average Bonchev–Trinajstić information content (AvgIpc) is 2.95. The van der Waals surface area contributed by atoms with Crippen LogP contribution in [0.5, 0.6) is 5.75 Å². The highest BCUT2D eigenvalue weighted by Gasteiger charge is 2.26. The molecule has 0 bridgehead atoms. The first kappa shape index (κ1) is 22.7. The molecule has 0 fully saturated rings. The number of pyridine rings is 1. The molecule has 172 valence electrons. The standard InChI is InChI=1S/C26H29FN4O2/c1-28-14-12-24(19-5-3-6-20(27)16-19)33-22-10-8-18(9-11-22)15-21-17-30-26(32)23-7-4-13-29-25(23)31(21)2/h3-11,13,16,21,24,28H,12,14-15,17H2,1-2H3,(H,30,32)/t21-,24?/m1/s1. The van der Waals surface area contributed by atoms with Crippen LogP contribution < -0.4 is 20.3 Å². The van der Waals surface area contributed by atoms with Crippen molar-refractivity contribution in [2.45, 2.75) is 25.0 Å². The van der Waals surface area contributed by atoms with E-state index in [2.05, 4.69) is 20.5 Å². The van der Waals surface area contributed by atoms with E-state index in [1.165, 1.54) is 12.1 Å². The van der Waals surface area contributed by atoms with Gasteiger partial charge in [0.05, 0.1) is 11.6 Å². The maximum atomic E-state index is 13.7. The SMILES string of the molecule is CNCCC(Oc1ccc(C[C@@H]2CNC(=O)c3cccnc3N2C)cc1)c1cccc(F)c1. The molecular formula is C26H29FN4O2. The van der Waals surface area contributed by atoms with Crippen LogP contribution in [0.15, 0.2) is 66.9 Å². The molecule has 0 aliphatic carbocycles. The van der Waals surface area contributed by atoms with Crippen molar-refractivity contribution >= 4 is 11.7 Å². The van der Waals surface area contributed by atoms with Gasteiger partial charge in [-0.2, -0.15) is 0 Å². The molecule has 0 radical (unpaired) electrons. The zero-order chi connectivity index (χ0) is 23.2. The zero-order valence-electron chi connectivity index (χ0n) is 18.9. The minimum absolute atomic E-state index is 0.0764. The number of halogens is 1. The van der Waals surface area contributed by atoms with Crippen molar-refractivity contribution in [2.75, 3.05) is 32.1 Å². The number of ether oxygens (including phenoxy) is 1. The molecule has 3 aromatic rings. The number of hydrogen-bond acceptors (Lipinski definition) is 5. The van der Waals surface area contributed by atoms with E-state index in [1.807, 2.05) is 44.4 Å². The van der Waals surface area contributed by atoms with Crippen molar-refractivity contribution in [3.63, 3.8) is 0 Å². The van der Waals surface area contributed by atoms with Gasteiger partial charge in [-0.1, -0.05) is 24.3 Å². The first-order valence-corrected chi connectivity index (χ1v) is 11.2. The third-order valence-corrected chi connectivity index (χ3v) is 5.96. The summed E-state index contributed by atoms with van der Waals surface area (Å²) in [4.78, 5) is 18.9. The van der Waals surface area contributed by atoms with Gasteiger partial charge in [-0.15, -0.1) is 0 Å². The second kappa shape index (κ2) is 10.4. The Hall–Kier alpha value is -3.45. The smallest absolute Gasteiger partial charge is 0.255 e. The van der Waals surface area contributed by atoms with Gasteiger partial charge in [-0.3, -0.25) is 4.79 Å². The van der Waals surface area contributed by atoms with Crippen LogP contribution in [-0.4, -0.2) is 44.1 Å². The van der Waals surface area contributed by atoms with E-state index in [-0.39, 0.29) is 23.9 Å². The van der Waals surface area contributed by atoms with E-state index in [9.17, 15) is 9.18 Å². The minimum atomic E-state index is -0.267. The lowest BCUT2D eigenvalue weighted by molar-refractivity contribution is 0.0955. The molecule has 6 nitrogen and oxygen atoms in total. The lowest BCUT2D eigenvalue weighted by Crippen LogP contribution is -2.40. The van der Waals surface area contributed by atoms with Gasteiger partial charge in [0.15, 0.2) is 0 Å². The lowest BCUT2D eigenvalue weighted by atomic mass is 10.0. The van der Waals surface area contributed by atoms with E-state index in [0.717, 1.165) is 36.3 Å². The Morgan fingerprint density at radius 3 is 2.79 bits per heavy atom. The molecule has 0 saturated carbocycles. The summed E-state index contributed by atoms with van der Waals surface area (Å²) >= 11 is 0. The summed E-state index contributed by atoms with van der Waals surface area (Å²) in [6.07, 6.45) is 2.94. The van der Waals surface area contributed by atoms with Gasteiger partial charge in [-0.25, -0.2) is 9.37 Å². The van der Waals surface area contributed by atoms with Crippen LogP contribution in [0.25, 0.3) is 0 Å². The summed E-state index contributed by atoms with van der Waals surface area (Å²) in [5.41, 5.74) is 2.54. The molecule has 2 atom stereocenters. The maximum Gasteiger partial charge on any atom is 0.255 e. The maximum absolute atomic E-state index is 13.7. The van der Waals surface area contributed by atoms with E-state index < -0.39 is 0 Å². The Kier molecular flexibility index (Phi) is 7.19. The number of rotatable bonds is 8. The van der Waals surface area contributed by atoms with Gasteiger partial charge in [-0.05, 0) is 67.5 Å². The molecule has 0 spiro atoms. The fourth-order valence-corrected chi connectivity index (χ4v) is 4.10. The molecule has 1 unspecified atom stereocenters. The highest BCUT2D eigenvalue weighted by Crippen LogP contribution is 2.27. The van der Waals surface area contributed by atoms with Gasteiger partial charge in [0.2, 0.25) is 0 Å². The van der Waals surface area contributed by atoms with Crippen molar-refractivity contribution in [1.82, 2.24) is 15.6 Å². The number of carbonyl (C=O) groups excluding carboxylic acids is 1. The molecule has 2 aromatic carbocycles. The molecule has 7 heteroatoms. The number of anilines is 1. The predicted molar refractivity (Wildman–Crippen MR) is 127 cm³/mol. The van der Waals surface area contributed by atoms with Crippen molar-refractivity contribution in [1.29, 1.82) is 0 Å². The van der Waals surface area contributed by atoms with Crippen LogP contribution in [0.1, 0.15) is 34.0 Å². The lowest BCUT2D eigenvalue weighted by Gasteiger charge is -2.27. The van der Waals surface area contributed by atoms with E-state index >= 15 is 0 Å². The topological polar surface area (TPSA) is 66.5 Å². The molecule has 2 N–H and O–H groups in total. The summed E-state index contributed by atoms with van der Waals surface area (Å²) in [6.45, 7) is 1.30. The number of aromatic nitrogens is 1. The number of carbonyl (C=O) groups is 1. The zero-order valence-corrected chi connectivity index (χ0v) is 18.9. The van der Waals surface area contributed by atoms with Gasteiger partial charge < -0.3 is 20.3 Å². The molecule has 1 aliphatic heterocycles. The molecule has 1 aromatic heterocycles. The first-order chi connectivity index (χ1) is 16.0. The molecule has 1 aliphatic rings. The Balaban J connectivity index is 1.46. The number of amides is 1. The number of likely N-dealkylation sites (N-methyl/N-ethyl adjacent to an activating group) is 1. The van der Waals surface area contributed by atoms with Crippen molar-refractivity contribution in [3.05, 3.63) is 89.4 Å². The Morgan fingerprint density at radius 2 is 2.03 bits per heavy atom. The highest BCUT2D eigenvalue weighted by atomic mass is 19.1. The molecule has 33 heavy (non-hydrogen) atoms. The molecular weight excluding hydrogens is 419 g/mol. The van der Waals surface area contributed by atoms with E-state index in [0.29, 0.717) is 17.9 Å². The van der Waals surface area contributed by atoms with Crippen LogP contribution in [-0.2, 0) is 6.42 Å². The third kappa shape index (κ3) is 5.49. The predicted octanol–water partition coefficient (Wildman–Crippen LogP) is 3.74. The van der Waals surface area contributed by atoms with E-state index in [4.69, 9.17) is 4.74 Å². The Morgan fingerprint density at radius 1 is 1.21 bits per heavy atom. The summed E-state index contributed by atoms with van der Waals surface area (Å²) in [6, 6.07) is 18.2. The van der Waals surface area contributed by atoms with Gasteiger partial charge in [0, 0.05) is 26.2 Å². The molecule has 4 rings (SSSR count). The normalized spacial score (nSPS) is 16.5. The fourth-order valence-electron chi connectivity index (χ4n) is 4.10. The van der Waals surface area contributed by atoms with Crippen LogP contribution in [0.2, 0.25) is 0 Å². The van der Waals surface area contributed by atoms with Crippen molar-refractivity contribution in [2.24, 2.45) is 0 Å². The van der Waals surface area contributed by atoms with Crippen LogP contribution >= 0.6 is 0 Å². The minimum Gasteiger partial charge on any atom is -0.486 e. The number of nitrogens with one attached hydrogen (secondary N) is 2. The summed E-state index contributed by atoms with van der Waals surface area (Å²) in [7, 11) is 3.86. The van der Waals surface area contributed by atoms with E-state index in [1.54, 1.807) is 24.4 Å². The second-order valence-electron chi connectivity index (χ2n) is 8.25. The first-order valence-electron chi connectivity index (χ1n) is 11.2. The largest absolute Gasteiger partial charge is 0.486 e. The van der Waals surface area contributed by atoms with Crippen molar-refractivity contribution in [3.8, 4) is 5.75 Å². The second-order valence-corrected chi connectivity index (χ2v) is 8.25. The summed E-state index contributed by atoms with van der Waals surface area (Å²) in [5.74, 6) is 1.07. The third-order valence-electron chi connectivity index (χ3n) is 5.96. The molecule has 0 saturated heterocycles. The number of nitrogens with zero attached hydrogens (tertiary/aromatic N) is 2. The average molecular weight is 449 g/mol. The van der Waals surface area contributed by atoms with Gasteiger partial charge in [0.1, 0.15) is 23.5 Å². The fraction of sp³-hybridized carbons (Fsp3) is 0.308. The molecule has 1 amide bonds. The Bertz CT molecular complexity index is 1090. The van der Waals surface area contributed by atoms with Crippen LogP contribution in [0.4, 0.5) is 10.2 Å². The van der Waals surface area contributed by atoms with Crippen LogP contribution in [0, 0.1) is 5.82 Å². The van der Waals surface area contributed by atoms with Crippen molar-refractivity contribution < 1.29 is 13.9 Å². The Labute approximate surface area is 193 Å². The molecule has 2 heterocycles. The summed E-state index contributed by atoms with van der Waals surface area (Å²) in [5, 5.41) is 6.13. The van der Waals surface area contributed by atoms with Gasteiger partial charge in [0.25, 0.3) is 5.91 Å². The number of fused-ring (bicyclic) bond motifs is 1. The van der Waals surface area contributed by atoms with Crippen LogP contribution in [0.3, 0.4) is 0 Å². The highest BCUT2D eigenvalue weighted by molar-refractivity contribution is 5.99.